The van der Waals surface area contributed by atoms with Crippen LogP contribution in [0.1, 0.15) is 29.3 Å². The van der Waals surface area contributed by atoms with E-state index in [1.54, 1.807) is 12.1 Å². The average Bonchev–Trinajstić information content (AvgIpc) is 2.89. The van der Waals surface area contributed by atoms with Gasteiger partial charge in [0.15, 0.2) is 0 Å². The second-order valence-corrected chi connectivity index (χ2v) is 4.77. The van der Waals surface area contributed by atoms with Crippen LogP contribution in [-0.4, -0.2) is 30.9 Å². The molecular weight excluding hydrogens is 278 g/mol. The van der Waals surface area contributed by atoms with Crippen molar-refractivity contribution in [2.75, 3.05) is 13.1 Å². The van der Waals surface area contributed by atoms with Crippen molar-refractivity contribution >= 4 is 24.2 Å². The fourth-order valence-corrected chi connectivity index (χ4v) is 2.05. The minimum atomic E-state index is -0.0597. The van der Waals surface area contributed by atoms with E-state index >= 15 is 0 Å². The van der Waals surface area contributed by atoms with Gasteiger partial charge in [0.25, 0.3) is 5.91 Å². The smallest absolute Gasteiger partial charge is 0.251 e. The minimum Gasteiger partial charge on any atom is -0.352 e. The molecule has 0 saturated carbocycles. The molecule has 20 heavy (non-hydrogen) atoms. The molecule has 0 bridgehead atoms. The van der Waals surface area contributed by atoms with E-state index in [-0.39, 0.29) is 30.3 Å². The van der Waals surface area contributed by atoms with Crippen LogP contribution in [0, 0.1) is 0 Å². The van der Waals surface area contributed by atoms with E-state index in [9.17, 15) is 9.59 Å². The average molecular weight is 298 g/mol. The standard InChI is InChI=1S/C14H19N3O2.ClH/c1-10(18)16-8-11-2-4-12(5-3-11)14(19)17-13-6-7-15-9-13;/h2-5,13,15H,6-9H2,1H3,(H,16,18)(H,17,19);1H. The van der Waals surface area contributed by atoms with E-state index in [1.807, 2.05) is 12.1 Å². The van der Waals surface area contributed by atoms with Crippen molar-refractivity contribution in [3.63, 3.8) is 0 Å². The summed E-state index contributed by atoms with van der Waals surface area (Å²) in [5.41, 5.74) is 1.63. The van der Waals surface area contributed by atoms with E-state index < -0.39 is 0 Å². The van der Waals surface area contributed by atoms with Crippen LogP contribution in [0.5, 0.6) is 0 Å². The van der Waals surface area contributed by atoms with Crippen molar-refractivity contribution < 1.29 is 9.59 Å². The maximum Gasteiger partial charge on any atom is 0.251 e. The van der Waals surface area contributed by atoms with Crippen molar-refractivity contribution in [2.24, 2.45) is 0 Å². The normalized spacial score (nSPS) is 17.1. The zero-order valence-corrected chi connectivity index (χ0v) is 12.3. The van der Waals surface area contributed by atoms with Crippen LogP contribution >= 0.6 is 12.4 Å². The third-order valence-corrected chi connectivity index (χ3v) is 3.15. The first-order chi connectivity index (χ1) is 9.15. The monoisotopic (exact) mass is 297 g/mol. The van der Waals surface area contributed by atoms with Gasteiger partial charge in [0.2, 0.25) is 5.91 Å². The Hall–Kier alpha value is -1.59. The molecule has 0 aliphatic carbocycles. The minimum absolute atomic E-state index is 0. The van der Waals surface area contributed by atoms with Gasteiger partial charge >= 0.3 is 0 Å². The van der Waals surface area contributed by atoms with Gasteiger partial charge in [-0.1, -0.05) is 12.1 Å². The fraction of sp³-hybridized carbons (Fsp3) is 0.429. The lowest BCUT2D eigenvalue weighted by atomic mass is 10.1. The van der Waals surface area contributed by atoms with Crippen LogP contribution in [-0.2, 0) is 11.3 Å². The predicted molar refractivity (Wildman–Crippen MR) is 80.0 cm³/mol. The molecule has 1 aromatic rings. The van der Waals surface area contributed by atoms with Crippen LogP contribution in [0.15, 0.2) is 24.3 Å². The number of carbonyl (C=O) groups excluding carboxylic acids is 2. The number of amides is 2. The summed E-state index contributed by atoms with van der Waals surface area (Å²) in [7, 11) is 0. The summed E-state index contributed by atoms with van der Waals surface area (Å²) >= 11 is 0. The molecule has 1 heterocycles. The first kappa shape index (κ1) is 16.5. The molecule has 2 rings (SSSR count). The molecule has 1 unspecified atom stereocenters. The van der Waals surface area contributed by atoms with E-state index in [2.05, 4.69) is 16.0 Å². The van der Waals surface area contributed by atoms with Crippen LogP contribution in [0.3, 0.4) is 0 Å². The molecule has 1 atom stereocenters. The maximum absolute atomic E-state index is 12.0. The van der Waals surface area contributed by atoms with E-state index in [4.69, 9.17) is 0 Å². The number of carbonyl (C=O) groups is 2. The van der Waals surface area contributed by atoms with Crippen LogP contribution in [0.4, 0.5) is 0 Å². The van der Waals surface area contributed by atoms with Gasteiger partial charge in [-0.25, -0.2) is 0 Å². The number of benzene rings is 1. The van der Waals surface area contributed by atoms with Crippen molar-refractivity contribution in [2.45, 2.75) is 25.9 Å². The molecule has 0 aromatic heterocycles. The number of halogens is 1. The lowest BCUT2D eigenvalue weighted by molar-refractivity contribution is -0.119. The molecule has 0 radical (unpaired) electrons. The highest BCUT2D eigenvalue weighted by atomic mass is 35.5. The second-order valence-electron chi connectivity index (χ2n) is 4.77. The van der Waals surface area contributed by atoms with Crippen molar-refractivity contribution in [3.8, 4) is 0 Å². The quantitative estimate of drug-likeness (QED) is 0.771. The zero-order chi connectivity index (χ0) is 13.7. The van der Waals surface area contributed by atoms with Gasteiger partial charge in [0.05, 0.1) is 0 Å². The van der Waals surface area contributed by atoms with Gasteiger partial charge in [-0.2, -0.15) is 0 Å². The molecule has 1 saturated heterocycles. The second kappa shape index (κ2) is 7.87. The topological polar surface area (TPSA) is 70.2 Å². The van der Waals surface area contributed by atoms with Crippen LogP contribution in [0.25, 0.3) is 0 Å². The third kappa shape index (κ3) is 4.83. The Labute approximate surface area is 124 Å². The molecule has 5 nitrogen and oxygen atoms in total. The molecule has 110 valence electrons. The highest BCUT2D eigenvalue weighted by molar-refractivity contribution is 5.94. The van der Waals surface area contributed by atoms with Gasteiger partial charge in [-0.05, 0) is 30.7 Å². The zero-order valence-electron chi connectivity index (χ0n) is 11.4. The van der Waals surface area contributed by atoms with Crippen LogP contribution < -0.4 is 16.0 Å². The number of rotatable bonds is 4. The van der Waals surface area contributed by atoms with Gasteiger partial charge in [-0.15, -0.1) is 12.4 Å². The summed E-state index contributed by atoms with van der Waals surface area (Å²) in [6, 6.07) is 7.52. The Morgan fingerprint density at radius 3 is 2.55 bits per heavy atom. The third-order valence-electron chi connectivity index (χ3n) is 3.15. The largest absolute Gasteiger partial charge is 0.352 e. The molecule has 1 aromatic carbocycles. The number of hydrogen-bond acceptors (Lipinski definition) is 3. The van der Waals surface area contributed by atoms with Crippen molar-refractivity contribution in [3.05, 3.63) is 35.4 Å². The lowest BCUT2D eigenvalue weighted by Crippen LogP contribution is -2.36. The van der Waals surface area contributed by atoms with Gasteiger partial charge in [-0.3, -0.25) is 9.59 Å². The fourth-order valence-electron chi connectivity index (χ4n) is 2.05. The molecule has 6 heteroatoms. The highest BCUT2D eigenvalue weighted by Crippen LogP contribution is 2.06. The predicted octanol–water partition coefficient (Wildman–Crippen LogP) is 0.836. The Morgan fingerprint density at radius 1 is 1.30 bits per heavy atom. The molecule has 1 aliphatic rings. The summed E-state index contributed by atoms with van der Waals surface area (Å²) < 4.78 is 0. The molecular formula is C14H20ClN3O2. The lowest BCUT2D eigenvalue weighted by Gasteiger charge is -2.11. The Kier molecular flexibility index (Phi) is 6.48. The Balaban J connectivity index is 0.00000200. The summed E-state index contributed by atoms with van der Waals surface area (Å²) in [6.45, 7) is 3.77. The Morgan fingerprint density at radius 2 is 2.00 bits per heavy atom. The van der Waals surface area contributed by atoms with Crippen LogP contribution in [0.2, 0.25) is 0 Å². The van der Waals surface area contributed by atoms with Gasteiger partial charge in [0.1, 0.15) is 0 Å². The van der Waals surface area contributed by atoms with E-state index in [0.29, 0.717) is 12.1 Å². The van der Waals surface area contributed by atoms with Crippen molar-refractivity contribution in [1.29, 1.82) is 0 Å². The number of nitrogens with one attached hydrogen (secondary N) is 3. The number of hydrogen-bond donors (Lipinski definition) is 3. The summed E-state index contributed by atoms with van der Waals surface area (Å²) in [4.78, 5) is 22.8. The SMILES string of the molecule is CC(=O)NCc1ccc(C(=O)NC2CCNC2)cc1.Cl. The first-order valence-electron chi connectivity index (χ1n) is 6.50. The molecule has 1 aliphatic heterocycles. The van der Waals surface area contributed by atoms with Gasteiger partial charge < -0.3 is 16.0 Å². The molecule has 0 spiro atoms. The summed E-state index contributed by atoms with van der Waals surface area (Å²) in [6.07, 6.45) is 0.979. The summed E-state index contributed by atoms with van der Waals surface area (Å²) in [5.74, 6) is -0.102. The summed E-state index contributed by atoms with van der Waals surface area (Å²) in [5, 5.41) is 8.93. The van der Waals surface area contributed by atoms with Gasteiger partial charge in [0, 0.05) is 31.6 Å². The van der Waals surface area contributed by atoms with Crippen molar-refractivity contribution in [1.82, 2.24) is 16.0 Å². The first-order valence-corrected chi connectivity index (χ1v) is 6.50. The molecule has 3 N–H and O–H groups in total. The highest BCUT2D eigenvalue weighted by Gasteiger charge is 2.17. The maximum atomic E-state index is 12.0. The Bertz CT molecular complexity index is 456. The molecule has 2 amide bonds. The van der Waals surface area contributed by atoms with E-state index in [1.165, 1.54) is 6.92 Å². The molecule has 1 fully saturated rings. The van der Waals surface area contributed by atoms with E-state index in [0.717, 1.165) is 25.1 Å².